The summed E-state index contributed by atoms with van der Waals surface area (Å²) in [6.45, 7) is 2.91. The maximum Gasteiger partial charge on any atom is 0.307 e. The fraction of sp³-hybridized carbons (Fsp3) is 0.867. The zero-order valence-corrected chi connectivity index (χ0v) is 11.8. The summed E-state index contributed by atoms with van der Waals surface area (Å²) in [5.41, 5.74) is 0.271. The summed E-state index contributed by atoms with van der Waals surface area (Å²) >= 11 is 0. The first kappa shape index (κ1) is 14.4. The van der Waals surface area contributed by atoms with E-state index < -0.39 is 11.9 Å². The Bertz CT molecular complexity index is 347. The molecule has 2 aliphatic rings. The Morgan fingerprint density at radius 1 is 1.16 bits per heavy atom. The molecule has 0 bridgehead atoms. The third-order valence-corrected chi connectivity index (χ3v) is 5.22. The Hall–Kier alpha value is -1.06. The van der Waals surface area contributed by atoms with Crippen molar-refractivity contribution in [2.45, 2.75) is 58.3 Å². The minimum atomic E-state index is -0.816. The van der Waals surface area contributed by atoms with Gasteiger partial charge in [0.1, 0.15) is 0 Å². The van der Waals surface area contributed by atoms with Gasteiger partial charge in [-0.2, -0.15) is 0 Å². The predicted molar refractivity (Wildman–Crippen MR) is 72.7 cm³/mol. The fourth-order valence-corrected chi connectivity index (χ4v) is 3.76. The Morgan fingerprint density at radius 2 is 1.79 bits per heavy atom. The molecule has 0 saturated heterocycles. The third-order valence-electron chi connectivity index (χ3n) is 5.22. The lowest BCUT2D eigenvalue weighted by atomic mass is 9.83. The second-order valence-corrected chi connectivity index (χ2v) is 6.26. The van der Waals surface area contributed by atoms with Crippen LogP contribution in [-0.2, 0) is 9.59 Å². The number of hydrogen-bond donors (Lipinski definition) is 2. The SMILES string of the molecule is CCC1(CNC(=O)C2CCCC2C(=O)O)CCCC1. The summed E-state index contributed by atoms with van der Waals surface area (Å²) in [6.07, 6.45) is 8.21. The van der Waals surface area contributed by atoms with Crippen LogP contribution in [0.4, 0.5) is 0 Å². The van der Waals surface area contributed by atoms with Crippen molar-refractivity contribution in [1.82, 2.24) is 5.32 Å². The van der Waals surface area contributed by atoms with Gasteiger partial charge in [0.25, 0.3) is 0 Å². The summed E-state index contributed by atoms with van der Waals surface area (Å²) in [6, 6.07) is 0. The van der Waals surface area contributed by atoms with E-state index in [2.05, 4.69) is 12.2 Å². The van der Waals surface area contributed by atoms with Gasteiger partial charge in [0.15, 0.2) is 0 Å². The van der Waals surface area contributed by atoms with Crippen LogP contribution in [0.3, 0.4) is 0 Å². The molecule has 2 aliphatic carbocycles. The molecule has 0 aromatic rings. The van der Waals surface area contributed by atoms with Gasteiger partial charge in [-0.25, -0.2) is 0 Å². The van der Waals surface area contributed by atoms with E-state index in [9.17, 15) is 9.59 Å². The second kappa shape index (κ2) is 5.93. The highest BCUT2D eigenvalue weighted by Gasteiger charge is 2.39. The molecule has 19 heavy (non-hydrogen) atoms. The predicted octanol–water partition coefficient (Wildman–Crippen LogP) is 2.57. The van der Waals surface area contributed by atoms with Crippen LogP contribution in [0.15, 0.2) is 0 Å². The molecule has 2 N–H and O–H groups in total. The van der Waals surface area contributed by atoms with Crippen molar-refractivity contribution in [3.63, 3.8) is 0 Å². The summed E-state index contributed by atoms with van der Waals surface area (Å²) < 4.78 is 0. The van der Waals surface area contributed by atoms with Crippen molar-refractivity contribution in [3.05, 3.63) is 0 Å². The number of aliphatic carboxylic acids is 1. The monoisotopic (exact) mass is 267 g/mol. The van der Waals surface area contributed by atoms with E-state index in [0.717, 1.165) is 25.8 Å². The number of carbonyl (C=O) groups is 2. The number of carbonyl (C=O) groups excluding carboxylic acids is 1. The summed E-state index contributed by atoms with van der Waals surface area (Å²) in [5, 5.41) is 12.2. The van der Waals surface area contributed by atoms with Crippen LogP contribution >= 0.6 is 0 Å². The molecule has 2 saturated carbocycles. The van der Waals surface area contributed by atoms with Crippen LogP contribution in [0.2, 0.25) is 0 Å². The zero-order chi connectivity index (χ0) is 13.9. The molecule has 2 rings (SSSR count). The smallest absolute Gasteiger partial charge is 0.307 e. The molecular formula is C15H25NO3. The van der Waals surface area contributed by atoms with Gasteiger partial charge < -0.3 is 10.4 Å². The van der Waals surface area contributed by atoms with Gasteiger partial charge in [0, 0.05) is 6.54 Å². The summed E-state index contributed by atoms with van der Waals surface area (Å²) in [4.78, 5) is 23.3. The topological polar surface area (TPSA) is 66.4 Å². The maximum atomic E-state index is 12.2. The van der Waals surface area contributed by atoms with Crippen molar-refractivity contribution >= 4 is 11.9 Å². The molecule has 4 heteroatoms. The van der Waals surface area contributed by atoms with Crippen molar-refractivity contribution < 1.29 is 14.7 Å². The van der Waals surface area contributed by atoms with Crippen molar-refractivity contribution in [2.75, 3.05) is 6.54 Å². The average Bonchev–Trinajstić information content (AvgIpc) is 3.05. The van der Waals surface area contributed by atoms with Crippen LogP contribution in [0.1, 0.15) is 58.3 Å². The summed E-state index contributed by atoms with van der Waals surface area (Å²) in [5.74, 6) is -1.64. The first-order valence-electron chi connectivity index (χ1n) is 7.58. The lowest BCUT2D eigenvalue weighted by molar-refractivity contribution is -0.146. The molecule has 0 aromatic carbocycles. The van der Waals surface area contributed by atoms with Gasteiger partial charge in [0.05, 0.1) is 11.8 Å². The molecule has 0 spiro atoms. The number of amides is 1. The first-order valence-corrected chi connectivity index (χ1v) is 7.58. The van der Waals surface area contributed by atoms with E-state index in [1.165, 1.54) is 25.7 Å². The molecule has 0 radical (unpaired) electrons. The van der Waals surface area contributed by atoms with E-state index in [4.69, 9.17) is 5.11 Å². The summed E-state index contributed by atoms with van der Waals surface area (Å²) in [7, 11) is 0. The fourth-order valence-electron chi connectivity index (χ4n) is 3.76. The maximum absolute atomic E-state index is 12.2. The van der Waals surface area contributed by atoms with Gasteiger partial charge in [-0.3, -0.25) is 9.59 Å². The largest absolute Gasteiger partial charge is 0.481 e. The van der Waals surface area contributed by atoms with Gasteiger partial charge in [-0.15, -0.1) is 0 Å². The van der Waals surface area contributed by atoms with E-state index in [0.29, 0.717) is 6.42 Å². The molecule has 2 atom stereocenters. The highest BCUT2D eigenvalue weighted by molar-refractivity contribution is 5.85. The van der Waals surface area contributed by atoms with E-state index >= 15 is 0 Å². The zero-order valence-electron chi connectivity index (χ0n) is 11.8. The van der Waals surface area contributed by atoms with Crippen LogP contribution in [0.5, 0.6) is 0 Å². The number of carboxylic acid groups (broad SMARTS) is 1. The van der Waals surface area contributed by atoms with Crippen molar-refractivity contribution in [1.29, 1.82) is 0 Å². The van der Waals surface area contributed by atoms with Crippen LogP contribution in [0.25, 0.3) is 0 Å². The molecule has 108 valence electrons. The minimum Gasteiger partial charge on any atom is -0.481 e. The van der Waals surface area contributed by atoms with Crippen molar-refractivity contribution in [3.8, 4) is 0 Å². The van der Waals surface area contributed by atoms with E-state index in [-0.39, 0.29) is 17.2 Å². The van der Waals surface area contributed by atoms with Gasteiger partial charge >= 0.3 is 5.97 Å². The van der Waals surface area contributed by atoms with Crippen LogP contribution < -0.4 is 5.32 Å². The highest BCUT2D eigenvalue weighted by atomic mass is 16.4. The number of hydrogen-bond acceptors (Lipinski definition) is 2. The average molecular weight is 267 g/mol. The number of carboxylic acids is 1. The number of rotatable bonds is 5. The Labute approximate surface area is 115 Å². The van der Waals surface area contributed by atoms with Crippen LogP contribution in [0, 0.1) is 17.3 Å². The Morgan fingerprint density at radius 3 is 2.37 bits per heavy atom. The van der Waals surface area contributed by atoms with Gasteiger partial charge in [0.2, 0.25) is 5.91 Å². The molecule has 0 aromatic heterocycles. The molecule has 2 unspecified atom stereocenters. The van der Waals surface area contributed by atoms with E-state index in [1.807, 2.05) is 0 Å². The van der Waals surface area contributed by atoms with Crippen LogP contribution in [-0.4, -0.2) is 23.5 Å². The Kier molecular flexibility index (Phi) is 4.48. The van der Waals surface area contributed by atoms with Gasteiger partial charge in [-0.1, -0.05) is 26.2 Å². The number of nitrogens with one attached hydrogen (secondary N) is 1. The molecular weight excluding hydrogens is 242 g/mol. The normalized spacial score (nSPS) is 29.3. The van der Waals surface area contributed by atoms with Gasteiger partial charge in [-0.05, 0) is 37.5 Å². The third kappa shape index (κ3) is 3.10. The quantitative estimate of drug-likeness (QED) is 0.804. The van der Waals surface area contributed by atoms with Crippen molar-refractivity contribution in [2.24, 2.45) is 17.3 Å². The molecule has 2 fully saturated rings. The molecule has 0 heterocycles. The lowest BCUT2D eigenvalue weighted by Crippen LogP contribution is -2.41. The Balaban J connectivity index is 1.88. The standard InChI is InChI=1S/C15H25NO3/c1-2-15(8-3-4-9-15)10-16-13(17)11-6-5-7-12(11)14(18)19/h11-12H,2-10H2,1H3,(H,16,17)(H,18,19). The molecule has 0 aliphatic heterocycles. The second-order valence-electron chi connectivity index (χ2n) is 6.26. The minimum absolute atomic E-state index is 0.0374. The molecule has 4 nitrogen and oxygen atoms in total. The lowest BCUT2D eigenvalue weighted by Gasteiger charge is -2.28. The van der Waals surface area contributed by atoms with E-state index in [1.54, 1.807) is 0 Å². The first-order chi connectivity index (χ1) is 9.08. The highest BCUT2D eigenvalue weighted by Crippen LogP contribution is 2.40. The molecule has 1 amide bonds.